The van der Waals surface area contributed by atoms with Gasteiger partial charge in [-0.15, -0.1) is 0 Å². The summed E-state index contributed by atoms with van der Waals surface area (Å²) >= 11 is 0. The van der Waals surface area contributed by atoms with Crippen LogP contribution in [0, 0.1) is 0 Å². The molecule has 1 amide bonds. The molecule has 4 aromatic rings. The van der Waals surface area contributed by atoms with E-state index in [2.05, 4.69) is 9.88 Å². The number of fused-ring (bicyclic) bond motifs is 1. The largest absolute Gasteiger partial charge is 0.508 e. The second kappa shape index (κ2) is 7.56. The Labute approximate surface area is 163 Å². The molecule has 0 atom stereocenters. The lowest BCUT2D eigenvalue weighted by Crippen LogP contribution is -2.12. The number of phenolic OH excluding ortho intramolecular Hbond substituents is 1. The van der Waals surface area contributed by atoms with E-state index in [1.54, 1.807) is 12.1 Å². The van der Waals surface area contributed by atoms with Crippen molar-refractivity contribution in [3.05, 3.63) is 78.4 Å². The number of hydrogen-bond donors (Lipinski definition) is 2. The first-order valence-electron chi connectivity index (χ1n) is 9.20. The van der Waals surface area contributed by atoms with Crippen molar-refractivity contribution in [2.24, 2.45) is 7.05 Å². The molecule has 5 heteroatoms. The van der Waals surface area contributed by atoms with Crippen LogP contribution in [0.25, 0.3) is 22.4 Å². The Morgan fingerprint density at radius 2 is 1.71 bits per heavy atom. The van der Waals surface area contributed by atoms with E-state index in [-0.39, 0.29) is 11.7 Å². The zero-order valence-corrected chi connectivity index (χ0v) is 15.6. The van der Waals surface area contributed by atoms with Crippen LogP contribution in [0.3, 0.4) is 0 Å². The maximum Gasteiger partial charge on any atom is 0.224 e. The van der Waals surface area contributed by atoms with E-state index in [9.17, 15) is 9.90 Å². The molecule has 0 radical (unpaired) electrons. The monoisotopic (exact) mass is 371 g/mol. The summed E-state index contributed by atoms with van der Waals surface area (Å²) in [5.41, 5.74) is 4.55. The zero-order chi connectivity index (χ0) is 19.5. The molecular weight excluding hydrogens is 350 g/mol. The number of benzene rings is 3. The topological polar surface area (TPSA) is 67.2 Å². The fourth-order valence-electron chi connectivity index (χ4n) is 3.30. The Kier molecular flexibility index (Phi) is 4.81. The van der Waals surface area contributed by atoms with Crippen molar-refractivity contribution >= 4 is 22.6 Å². The van der Waals surface area contributed by atoms with Gasteiger partial charge >= 0.3 is 0 Å². The number of para-hydroxylation sites is 3. The number of phenols is 1. The highest BCUT2D eigenvalue weighted by molar-refractivity contribution is 5.91. The molecule has 0 aliphatic carbocycles. The summed E-state index contributed by atoms with van der Waals surface area (Å²) < 4.78 is 2.06. The molecular formula is C23H21N3O2. The van der Waals surface area contributed by atoms with Gasteiger partial charge in [0, 0.05) is 24.7 Å². The van der Waals surface area contributed by atoms with Crippen LogP contribution in [-0.4, -0.2) is 20.6 Å². The number of amides is 1. The summed E-state index contributed by atoms with van der Waals surface area (Å²) in [6, 6.07) is 22.8. The minimum Gasteiger partial charge on any atom is -0.508 e. The van der Waals surface area contributed by atoms with Gasteiger partial charge in [-0.25, -0.2) is 4.98 Å². The SMILES string of the molecule is Cn1c(-c2ccc(NC(=O)CCc3ccccc3O)cc2)nc2ccccc21. The lowest BCUT2D eigenvalue weighted by Gasteiger charge is -2.08. The minimum absolute atomic E-state index is 0.0845. The number of hydrogen-bond acceptors (Lipinski definition) is 3. The van der Waals surface area contributed by atoms with Crippen molar-refractivity contribution in [3.8, 4) is 17.1 Å². The molecule has 3 aromatic carbocycles. The molecule has 1 aromatic heterocycles. The predicted octanol–water partition coefficient (Wildman–Crippen LogP) is 4.52. The minimum atomic E-state index is -0.0845. The molecule has 0 unspecified atom stereocenters. The molecule has 0 spiro atoms. The first-order chi connectivity index (χ1) is 13.6. The van der Waals surface area contributed by atoms with Gasteiger partial charge in [0.1, 0.15) is 11.6 Å². The third-order valence-corrected chi connectivity index (χ3v) is 4.83. The number of nitrogens with zero attached hydrogens (tertiary/aromatic N) is 2. The van der Waals surface area contributed by atoms with Gasteiger partial charge in [-0.1, -0.05) is 30.3 Å². The van der Waals surface area contributed by atoms with Crippen LogP contribution in [0.5, 0.6) is 5.75 Å². The highest BCUT2D eigenvalue weighted by Gasteiger charge is 2.10. The molecule has 0 saturated carbocycles. The molecule has 2 N–H and O–H groups in total. The van der Waals surface area contributed by atoms with E-state index in [1.165, 1.54) is 0 Å². The van der Waals surface area contributed by atoms with Gasteiger partial charge in [0.25, 0.3) is 0 Å². The molecule has 0 aliphatic heterocycles. The number of aromatic nitrogens is 2. The van der Waals surface area contributed by atoms with Crippen molar-refractivity contribution < 1.29 is 9.90 Å². The molecule has 28 heavy (non-hydrogen) atoms. The number of aromatic hydroxyl groups is 1. The molecule has 140 valence electrons. The molecule has 0 aliphatic rings. The van der Waals surface area contributed by atoms with Gasteiger partial charge in [-0.3, -0.25) is 4.79 Å². The highest BCUT2D eigenvalue weighted by Crippen LogP contribution is 2.25. The van der Waals surface area contributed by atoms with Crippen LogP contribution in [-0.2, 0) is 18.3 Å². The number of rotatable bonds is 5. The van der Waals surface area contributed by atoms with Crippen LogP contribution in [0.1, 0.15) is 12.0 Å². The lowest BCUT2D eigenvalue weighted by molar-refractivity contribution is -0.116. The number of anilines is 1. The van der Waals surface area contributed by atoms with E-state index in [1.807, 2.05) is 67.7 Å². The Hall–Kier alpha value is -3.60. The number of carbonyl (C=O) groups is 1. The zero-order valence-electron chi connectivity index (χ0n) is 15.6. The number of imidazole rings is 1. The van der Waals surface area contributed by atoms with E-state index >= 15 is 0 Å². The number of nitrogens with one attached hydrogen (secondary N) is 1. The van der Waals surface area contributed by atoms with E-state index < -0.39 is 0 Å². The molecule has 4 rings (SSSR count). The number of carbonyl (C=O) groups excluding carboxylic acids is 1. The average Bonchev–Trinajstić information content (AvgIpc) is 3.05. The first kappa shape index (κ1) is 17.8. The molecule has 1 heterocycles. The van der Waals surface area contributed by atoms with Crippen LogP contribution < -0.4 is 5.32 Å². The van der Waals surface area contributed by atoms with Gasteiger partial charge in [-0.05, 0) is 54.4 Å². The molecule has 0 bridgehead atoms. The summed E-state index contributed by atoms with van der Waals surface area (Å²) in [7, 11) is 2.00. The van der Waals surface area contributed by atoms with Crippen LogP contribution in [0.4, 0.5) is 5.69 Å². The molecule has 5 nitrogen and oxygen atoms in total. The Morgan fingerprint density at radius 3 is 2.46 bits per heavy atom. The Balaban J connectivity index is 1.43. The Bertz CT molecular complexity index is 1130. The summed E-state index contributed by atoms with van der Waals surface area (Å²) in [5, 5.41) is 12.7. The van der Waals surface area contributed by atoms with Gasteiger partial charge in [-0.2, -0.15) is 0 Å². The lowest BCUT2D eigenvalue weighted by atomic mass is 10.1. The van der Waals surface area contributed by atoms with Crippen molar-refractivity contribution in [1.29, 1.82) is 0 Å². The van der Waals surface area contributed by atoms with Crippen molar-refractivity contribution in [2.45, 2.75) is 12.8 Å². The fourth-order valence-corrected chi connectivity index (χ4v) is 3.30. The maximum absolute atomic E-state index is 12.2. The smallest absolute Gasteiger partial charge is 0.224 e. The second-order valence-corrected chi connectivity index (χ2v) is 6.74. The van der Waals surface area contributed by atoms with Crippen LogP contribution in [0.2, 0.25) is 0 Å². The quantitative estimate of drug-likeness (QED) is 0.542. The average molecular weight is 371 g/mol. The van der Waals surface area contributed by atoms with E-state index in [0.29, 0.717) is 12.8 Å². The van der Waals surface area contributed by atoms with E-state index in [0.717, 1.165) is 33.7 Å². The van der Waals surface area contributed by atoms with Gasteiger partial charge in [0.15, 0.2) is 0 Å². The van der Waals surface area contributed by atoms with Crippen LogP contribution in [0.15, 0.2) is 72.8 Å². The van der Waals surface area contributed by atoms with Crippen molar-refractivity contribution in [2.75, 3.05) is 5.32 Å². The third-order valence-electron chi connectivity index (χ3n) is 4.83. The summed E-state index contributed by atoms with van der Waals surface area (Å²) in [5.74, 6) is 1.03. The predicted molar refractivity (Wildman–Crippen MR) is 111 cm³/mol. The van der Waals surface area contributed by atoms with Gasteiger partial charge in [0.2, 0.25) is 5.91 Å². The summed E-state index contributed by atoms with van der Waals surface area (Å²) in [6.07, 6.45) is 0.806. The standard InChI is InChI=1S/C23H21N3O2/c1-26-20-8-4-3-7-19(20)25-23(26)17-10-13-18(14-11-17)24-22(28)15-12-16-6-2-5-9-21(16)27/h2-11,13-14,27H,12,15H2,1H3,(H,24,28). The highest BCUT2D eigenvalue weighted by atomic mass is 16.3. The molecule has 0 fully saturated rings. The third kappa shape index (κ3) is 3.60. The van der Waals surface area contributed by atoms with Crippen molar-refractivity contribution in [3.63, 3.8) is 0 Å². The second-order valence-electron chi connectivity index (χ2n) is 6.74. The van der Waals surface area contributed by atoms with Crippen LogP contribution >= 0.6 is 0 Å². The van der Waals surface area contributed by atoms with Gasteiger partial charge < -0.3 is 15.0 Å². The summed E-state index contributed by atoms with van der Waals surface area (Å²) in [6.45, 7) is 0. The molecule has 0 saturated heterocycles. The normalized spacial score (nSPS) is 10.9. The Morgan fingerprint density at radius 1 is 1.00 bits per heavy atom. The van der Waals surface area contributed by atoms with Crippen molar-refractivity contribution in [1.82, 2.24) is 9.55 Å². The first-order valence-corrected chi connectivity index (χ1v) is 9.20. The summed E-state index contributed by atoms with van der Waals surface area (Å²) in [4.78, 5) is 16.9. The number of aryl methyl sites for hydroxylation is 2. The van der Waals surface area contributed by atoms with Gasteiger partial charge in [0.05, 0.1) is 11.0 Å². The fraction of sp³-hybridized carbons (Fsp3) is 0.130. The van der Waals surface area contributed by atoms with E-state index in [4.69, 9.17) is 4.98 Å². The maximum atomic E-state index is 12.2.